The van der Waals surface area contributed by atoms with Crippen LogP contribution in [0.4, 0.5) is 5.95 Å². The van der Waals surface area contributed by atoms with Gasteiger partial charge in [0.2, 0.25) is 5.95 Å². The summed E-state index contributed by atoms with van der Waals surface area (Å²) in [7, 11) is 0. The van der Waals surface area contributed by atoms with Gasteiger partial charge in [0.05, 0.1) is 5.39 Å². The SMILES string of the molecule is CCCNc1nc(-n2ccnc2)c2ccsc2n1. The Bertz CT molecular complexity index is 644. The zero-order valence-electron chi connectivity index (χ0n) is 10.00. The van der Waals surface area contributed by atoms with Crippen molar-refractivity contribution in [2.45, 2.75) is 13.3 Å². The van der Waals surface area contributed by atoms with E-state index in [-0.39, 0.29) is 0 Å². The number of anilines is 1. The highest BCUT2D eigenvalue weighted by Gasteiger charge is 2.09. The molecule has 92 valence electrons. The van der Waals surface area contributed by atoms with Crippen molar-refractivity contribution in [3.63, 3.8) is 0 Å². The minimum atomic E-state index is 0.676. The number of nitrogens with one attached hydrogen (secondary N) is 1. The molecule has 0 aliphatic heterocycles. The topological polar surface area (TPSA) is 55.6 Å². The Kier molecular flexibility index (Phi) is 2.93. The van der Waals surface area contributed by atoms with E-state index >= 15 is 0 Å². The van der Waals surface area contributed by atoms with Gasteiger partial charge >= 0.3 is 0 Å². The van der Waals surface area contributed by atoms with Gasteiger partial charge in [0.25, 0.3) is 0 Å². The van der Waals surface area contributed by atoms with Crippen LogP contribution in [0, 0.1) is 0 Å². The molecule has 3 aromatic rings. The molecule has 0 fully saturated rings. The predicted octanol–water partition coefficient (Wildman–Crippen LogP) is 2.70. The molecule has 18 heavy (non-hydrogen) atoms. The van der Waals surface area contributed by atoms with Crippen molar-refractivity contribution in [2.24, 2.45) is 0 Å². The fourth-order valence-electron chi connectivity index (χ4n) is 1.74. The molecule has 0 saturated heterocycles. The summed E-state index contributed by atoms with van der Waals surface area (Å²) >= 11 is 1.62. The molecule has 0 radical (unpaired) electrons. The van der Waals surface area contributed by atoms with Crippen molar-refractivity contribution in [1.29, 1.82) is 0 Å². The second-order valence-corrected chi connectivity index (χ2v) is 4.80. The molecule has 0 aromatic carbocycles. The lowest BCUT2D eigenvalue weighted by Crippen LogP contribution is -2.06. The molecule has 3 rings (SSSR count). The van der Waals surface area contributed by atoms with Gasteiger partial charge in [-0.05, 0) is 17.9 Å². The monoisotopic (exact) mass is 259 g/mol. The van der Waals surface area contributed by atoms with E-state index in [0.29, 0.717) is 5.95 Å². The summed E-state index contributed by atoms with van der Waals surface area (Å²) in [6.07, 6.45) is 6.44. The Morgan fingerprint density at radius 3 is 3.11 bits per heavy atom. The van der Waals surface area contributed by atoms with Crippen LogP contribution in [0.3, 0.4) is 0 Å². The van der Waals surface area contributed by atoms with Gasteiger partial charge in [-0.25, -0.2) is 9.97 Å². The molecule has 0 unspecified atom stereocenters. The van der Waals surface area contributed by atoms with Gasteiger partial charge in [-0.15, -0.1) is 11.3 Å². The van der Waals surface area contributed by atoms with Crippen LogP contribution in [0.15, 0.2) is 30.2 Å². The largest absolute Gasteiger partial charge is 0.354 e. The van der Waals surface area contributed by atoms with E-state index in [1.807, 2.05) is 22.2 Å². The van der Waals surface area contributed by atoms with Crippen LogP contribution in [0.25, 0.3) is 16.0 Å². The minimum Gasteiger partial charge on any atom is -0.354 e. The van der Waals surface area contributed by atoms with Gasteiger partial charge in [-0.3, -0.25) is 4.57 Å². The average molecular weight is 259 g/mol. The van der Waals surface area contributed by atoms with Gasteiger partial charge < -0.3 is 5.32 Å². The van der Waals surface area contributed by atoms with E-state index < -0.39 is 0 Å². The number of rotatable bonds is 4. The lowest BCUT2D eigenvalue weighted by Gasteiger charge is -2.07. The Balaban J connectivity index is 2.12. The normalized spacial score (nSPS) is 10.9. The van der Waals surface area contributed by atoms with E-state index in [9.17, 15) is 0 Å². The molecular weight excluding hydrogens is 246 g/mol. The number of hydrogen-bond donors (Lipinski definition) is 1. The molecular formula is C12H13N5S. The second kappa shape index (κ2) is 4.73. The quantitative estimate of drug-likeness (QED) is 0.782. The zero-order valence-corrected chi connectivity index (χ0v) is 10.8. The number of fused-ring (bicyclic) bond motifs is 1. The van der Waals surface area contributed by atoms with E-state index in [1.165, 1.54) is 0 Å². The maximum Gasteiger partial charge on any atom is 0.226 e. The summed E-state index contributed by atoms with van der Waals surface area (Å²) in [5.74, 6) is 1.55. The lowest BCUT2D eigenvalue weighted by molar-refractivity contribution is 0.940. The smallest absolute Gasteiger partial charge is 0.226 e. The van der Waals surface area contributed by atoms with Crippen LogP contribution < -0.4 is 5.32 Å². The number of hydrogen-bond acceptors (Lipinski definition) is 5. The maximum absolute atomic E-state index is 4.56. The third-order valence-electron chi connectivity index (χ3n) is 2.59. The Morgan fingerprint density at radius 1 is 1.39 bits per heavy atom. The number of imidazole rings is 1. The molecule has 3 aromatic heterocycles. The fourth-order valence-corrected chi connectivity index (χ4v) is 2.50. The van der Waals surface area contributed by atoms with Gasteiger partial charge in [0, 0.05) is 18.9 Å². The summed E-state index contributed by atoms with van der Waals surface area (Å²) < 4.78 is 1.91. The first-order chi connectivity index (χ1) is 8.88. The highest BCUT2D eigenvalue weighted by molar-refractivity contribution is 7.16. The lowest BCUT2D eigenvalue weighted by atomic mass is 10.4. The molecule has 0 amide bonds. The van der Waals surface area contributed by atoms with E-state index in [4.69, 9.17) is 0 Å². The number of nitrogens with zero attached hydrogens (tertiary/aromatic N) is 4. The van der Waals surface area contributed by atoms with Crippen LogP contribution in [0.2, 0.25) is 0 Å². The minimum absolute atomic E-state index is 0.676. The fraction of sp³-hybridized carbons (Fsp3) is 0.250. The molecule has 0 aliphatic rings. The second-order valence-electron chi connectivity index (χ2n) is 3.91. The van der Waals surface area contributed by atoms with Gasteiger partial charge in [0.15, 0.2) is 5.82 Å². The molecule has 0 aliphatic carbocycles. The third kappa shape index (κ3) is 1.95. The highest BCUT2D eigenvalue weighted by atomic mass is 32.1. The zero-order chi connectivity index (χ0) is 12.4. The average Bonchev–Trinajstić information content (AvgIpc) is 3.05. The molecule has 0 bridgehead atoms. The molecule has 5 nitrogen and oxygen atoms in total. The Morgan fingerprint density at radius 2 is 2.33 bits per heavy atom. The van der Waals surface area contributed by atoms with Crippen molar-refractivity contribution in [3.05, 3.63) is 30.2 Å². The number of aromatic nitrogens is 4. The first kappa shape index (κ1) is 11.2. The molecule has 0 atom stereocenters. The first-order valence-corrected chi connectivity index (χ1v) is 6.74. The van der Waals surface area contributed by atoms with Crippen LogP contribution in [-0.2, 0) is 0 Å². The van der Waals surface area contributed by atoms with Crippen molar-refractivity contribution < 1.29 is 0 Å². The molecule has 0 spiro atoms. The summed E-state index contributed by atoms with van der Waals surface area (Å²) in [5, 5.41) is 6.32. The van der Waals surface area contributed by atoms with Gasteiger partial charge in [0.1, 0.15) is 11.2 Å². The van der Waals surface area contributed by atoms with Crippen LogP contribution in [-0.4, -0.2) is 26.1 Å². The van der Waals surface area contributed by atoms with E-state index in [0.717, 1.165) is 29.0 Å². The van der Waals surface area contributed by atoms with Crippen molar-refractivity contribution in [2.75, 3.05) is 11.9 Å². The molecule has 0 saturated carbocycles. The predicted molar refractivity (Wildman–Crippen MR) is 73.3 cm³/mol. The summed E-state index contributed by atoms with van der Waals surface area (Å²) in [6, 6.07) is 2.04. The highest BCUT2D eigenvalue weighted by Crippen LogP contribution is 2.25. The van der Waals surface area contributed by atoms with Crippen LogP contribution in [0.5, 0.6) is 0 Å². The molecule has 6 heteroatoms. The maximum atomic E-state index is 4.56. The van der Waals surface area contributed by atoms with Crippen molar-refractivity contribution in [1.82, 2.24) is 19.5 Å². The number of thiophene rings is 1. The van der Waals surface area contributed by atoms with E-state index in [2.05, 4.69) is 27.2 Å². The summed E-state index contributed by atoms with van der Waals surface area (Å²) in [5.41, 5.74) is 0. The standard InChI is InChI=1S/C12H13N5S/c1-2-4-14-12-15-10(17-6-5-13-8-17)9-3-7-18-11(9)16-12/h3,5-8H,2,4H2,1H3,(H,14,15,16). The Labute approximate surface area is 109 Å². The summed E-state index contributed by atoms with van der Waals surface area (Å²) in [6.45, 7) is 2.99. The van der Waals surface area contributed by atoms with Gasteiger partial charge in [-0.1, -0.05) is 6.92 Å². The molecule has 3 heterocycles. The first-order valence-electron chi connectivity index (χ1n) is 5.86. The van der Waals surface area contributed by atoms with Crippen molar-refractivity contribution >= 4 is 27.5 Å². The van der Waals surface area contributed by atoms with Crippen molar-refractivity contribution in [3.8, 4) is 5.82 Å². The van der Waals surface area contributed by atoms with Crippen LogP contribution >= 0.6 is 11.3 Å². The van der Waals surface area contributed by atoms with Crippen LogP contribution in [0.1, 0.15) is 13.3 Å². The van der Waals surface area contributed by atoms with E-state index in [1.54, 1.807) is 23.9 Å². The third-order valence-corrected chi connectivity index (χ3v) is 3.39. The Hall–Kier alpha value is -1.95. The molecule has 1 N–H and O–H groups in total. The summed E-state index contributed by atoms with van der Waals surface area (Å²) in [4.78, 5) is 14.1. The van der Waals surface area contributed by atoms with Gasteiger partial charge in [-0.2, -0.15) is 4.98 Å².